The van der Waals surface area contributed by atoms with Crippen molar-refractivity contribution in [2.24, 2.45) is 0 Å². The van der Waals surface area contributed by atoms with Gasteiger partial charge in [-0.2, -0.15) is 11.8 Å². The summed E-state index contributed by atoms with van der Waals surface area (Å²) in [5.74, 6) is 1.76. The van der Waals surface area contributed by atoms with Crippen molar-refractivity contribution >= 4 is 51.8 Å². The highest BCUT2D eigenvalue weighted by Gasteiger charge is 2.11. The van der Waals surface area contributed by atoms with Crippen molar-refractivity contribution in [2.75, 3.05) is 12.3 Å². The van der Waals surface area contributed by atoms with Crippen LogP contribution < -0.4 is 5.32 Å². The summed E-state index contributed by atoms with van der Waals surface area (Å²) in [6.07, 6.45) is 0. The zero-order valence-corrected chi connectivity index (χ0v) is 15.0. The first-order valence-electron chi connectivity index (χ1n) is 7.42. The standard InChI is InChI=1S/C18H15Cl2NO2S/c19-14-6-5-12(9-15(14)20)11-24-8-7-21-18(22)17-10-13-3-1-2-4-16(13)23-17/h1-6,9-10H,7-8,11H2,(H,21,22). The third-order valence-corrected chi connectivity index (χ3v) is 5.20. The van der Waals surface area contributed by atoms with Gasteiger partial charge in [0, 0.05) is 23.4 Å². The van der Waals surface area contributed by atoms with E-state index in [1.165, 1.54) is 0 Å². The Kier molecular flexibility index (Phi) is 5.72. The van der Waals surface area contributed by atoms with Crippen LogP contribution >= 0.6 is 35.0 Å². The van der Waals surface area contributed by atoms with Gasteiger partial charge in [-0.1, -0.05) is 47.5 Å². The minimum Gasteiger partial charge on any atom is -0.451 e. The lowest BCUT2D eigenvalue weighted by Gasteiger charge is -2.05. The highest BCUT2D eigenvalue weighted by Crippen LogP contribution is 2.24. The molecule has 0 atom stereocenters. The first-order valence-corrected chi connectivity index (χ1v) is 9.33. The minimum absolute atomic E-state index is 0.193. The number of carbonyl (C=O) groups excluding carboxylic acids is 1. The van der Waals surface area contributed by atoms with E-state index in [0.29, 0.717) is 22.4 Å². The van der Waals surface area contributed by atoms with Crippen LogP contribution in [0.15, 0.2) is 52.9 Å². The topological polar surface area (TPSA) is 42.2 Å². The summed E-state index contributed by atoms with van der Waals surface area (Å²) in [5, 5.41) is 4.92. The molecule has 2 aromatic carbocycles. The monoisotopic (exact) mass is 379 g/mol. The van der Waals surface area contributed by atoms with Gasteiger partial charge in [0.2, 0.25) is 0 Å². The lowest BCUT2D eigenvalue weighted by atomic mass is 10.2. The first kappa shape index (κ1) is 17.2. The Labute approximate surface area is 154 Å². The van der Waals surface area contributed by atoms with Gasteiger partial charge < -0.3 is 9.73 Å². The molecule has 124 valence electrons. The quantitative estimate of drug-likeness (QED) is 0.582. The third kappa shape index (κ3) is 4.26. The highest BCUT2D eigenvalue weighted by atomic mass is 35.5. The van der Waals surface area contributed by atoms with E-state index in [0.717, 1.165) is 28.0 Å². The van der Waals surface area contributed by atoms with Crippen molar-refractivity contribution in [3.63, 3.8) is 0 Å². The maximum Gasteiger partial charge on any atom is 0.287 e. The van der Waals surface area contributed by atoms with Crippen LogP contribution in [0, 0.1) is 0 Å². The second-order valence-electron chi connectivity index (χ2n) is 5.21. The molecule has 0 saturated carbocycles. The van der Waals surface area contributed by atoms with Crippen molar-refractivity contribution in [1.29, 1.82) is 0 Å². The van der Waals surface area contributed by atoms with E-state index in [1.54, 1.807) is 23.9 Å². The van der Waals surface area contributed by atoms with Crippen molar-refractivity contribution in [2.45, 2.75) is 5.75 Å². The predicted octanol–water partition coefficient (Wildman–Crippen LogP) is 5.40. The molecule has 0 saturated heterocycles. The molecule has 0 bridgehead atoms. The minimum atomic E-state index is -0.193. The van der Waals surface area contributed by atoms with E-state index < -0.39 is 0 Å². The number of furan rings is 1. The Bertz CT molecular complexity index is 830. The van der Waals surface area contributed by atoms with E-state index in [1.807, 2.05) is 36.4 Å². The Morgan fingerprint density at radius 3 is 2.71 bits per heavy atom. The smallest absolute Gasteiger partial charge is 0.287 e. The first-order chi connectivity index (χ1) is 11.6. The number of benzene rings is 2. The molecule has 3 nitrogen and oxygen atoms in total. The number of para-hydroxylation sites is 1. The lowest BCUT2D eigenvalue weighted by Crippen LogP contribution is -2.25. The average Bonchev–Trinajstić information content (AvgIpc) is 3.02. The summed E-state index contributed by atoms with van der Waals surface area (Å²) < 4.78 is 5.53. The molecule has 0 radical (unpaired) electrons. The molecule has 6 heteroatoms. The maximum absolute atomic E-state index is 12.1. The molecule has 1 amide bonds. The normalized spacial score (nSPS) is 10.9. The van der Waals surface area contributed by atoms with E-state index in [2.05, 4.69) is 5.32 Å². The number of nitrogens with one attached hydrogen (secondary N) is 1. The van der Waals surface area contributed by atoms with Gasteiger partial charge in [-0.05, 0) is 29.8 Å². The van der Waals surface area contributed by atoms with E-state index in [9.17, 15) is 4.79 Å². The average molecular weight is 380 g/mol. The summed E-state index contributed by atoms with van der Waals surface area (Å²) in [5.41, 5.74) is 1.83. The Morgan fingerprint density at radius 2 is 1.92 bits per heavy atom. The Morgan fingerprint density at radius 1 is 1.08 bits per heavy atom. The number of hydrogen-bond acceptors (Lipinski definition) is 3. The van der Waals surface area contributed by atoms with Crippen LogP contribution in [0.4, 0.5) is 0 Å². The molecule has 0 spiro atoms. The molecule has 0 aliphatic carbocycles. The van der Waals surface area contributed by atoms with Crippen LogP contribution in [0.1, 0.15) is 16.1 Å². The summed E-state index contributed by atoms with van der Waals surface area (Å²) in [6, 6.07) is 14.9. The molecule has 0 unspecified atom stereocenters. The molecule has 1 aromatic heterocycles. The molecule has 0 fully saturated rings. The zero-order chi connectivity index (χ0) is 16.9. The Hall–Kier alpha value is -1.62. The van der Waals surface area contributed by atoms with Crippen LogP contribution in [-0.4, -0.2) is 18.2 Å². The summed E-state index contributed by atoms with van der Waals surface area (Å²) in [6.45, 7) is 0.571. The molecule has 24 heavy (non-hydrogen) atoms. The largest absolute Gasteiger partial charge is 0.451 e. The van der Waals surface area contributed by atoms with Crippen molar-refractivity contribution in [3.8, 4) is 0 Å². The highest BCUT2D eigenvalue weighted by molar-refractivity contribution is 7.98. The summed E-state index contributed by atoms with van der Waals surface area (Å²) >= 11 is 13.6. The second-order valence-corrected chi connectivity index (χ2v) is 7.12. The van der Waals surface area contributed by atoms with Gasteiger partial charge in [0.1, 0.15) is 5.58 Å². The Balaban J connectivity index is 1.44. The number of amides is 1. The third-order valence-electron chi connectivity index (χ3n) is 3.43. The van der Waals surface area contributed by atoms with Crippen LogP contribution in [0.2, 0.25) is 10.0 Å². The molecule has 0 aliphatic rings. The number of hydrogen-bond donors (Lipinski definition) is 1. The van der Waals surface area contributed by atoms with Gasteiger partial charge >= 0.3 is 0 Å². The van der Waals surface area contributed by atoms with Crippen LogP contribution in [-0.2, 0) is 5.75 Å². The van der Waals surface area contributed by atoms with Crippen molar-refractivity contribution in [1.82, 2.24) is 5.32 Å². The number of rotatable bonds is 6. The van der Waals surface area contributed by atoms with Gasteiger partial charge in [0.05, 0.1) is 10.0 Å². The van der Waals surface area contributed by atoms with Gasteiger partial charge in [-0.25, -0.2) is 0 Å². The van der Waals surface area contributed by atoms with Crippen LogP contribution in [0.5, 0.6) is 0 Å². The fraction of sp³-hybridized carbons (Fsp3) is 0.167. The van der Waals surface area contributed by atoms with Gasteiger partial charge in [0.25, 0.3) is 5.91 Å². The van der Waals surface area contributed by atoms with Crippen LogP contribution in [0.25, 0.3) is 11.0 Å². The number of carbonyl (C=O) groups is 1. The molecule has 0 aliphatic heterocycles. The second kappa shape index (κ2) is 7.97. The van der Waals surface area contributed by atoms with Crippen molar-refractivity contribution in [3.05, 3.63) is 69.9 Å². The fourth-order valence-electron chi connectivity index (χ4n) is 2.24. The van der Waals surface area contributed by atoms with Gasteiger partial charge in [0.15, 0.2) is 5.76 Å². The molecular formula is C18H15Cl2NO2S. The summed E-state index contributed by atoms with van der Waals surface area (Å²) in [4.78, 5) is 12.1. The predicted molar refractivity (Wildman–Crippen MR) is 101 cm³/mol. The van der Waals surface area contributed by atoms with Gasteiger partial charge in [-0.15, -0.1) is 0 Å². The molecule has 3 aromatic rings. The zero-order valence-electron chi connectivity index (χ0n) is 12.7. The summed E-state index contributed by atoms with van der Waals surface area (Å²) in [7, 11) is 0. The van der Waals surface area contributed by atoms with Crippen LogP contribution in [0.3, 0.4) is 0 Å². The van der Waals surface area contributed by atoms with E-state index >= 15 is 0 Å². The molecular weight excluding hydrogens is 365 g/mol. The lowest BCUT2D eigenvalue weighted by molar-refractivity contribution is 0.0930. The number of thioether (sulfide) groups is 1. The van der Waals surface area contributed by atoms with E-state index in [4.69, 9.17) is 27.6 Å². The molecule has 3 rings (SSSR count). The van der Waals surface area contributed by atoms with Gasteiger partial charge in [-0.3, -0.25) is 4.79 Å². The maximum atomic E-state index is 12.1. The number of fused-ring (bicyclic) bond motifs is 1. The number of halogens is 2. The SMILES string of the molecule is O=C(NCCSCc1ccc(Cl)c(Cl)c1)c1cc2ccccc2o1. The van der Waals surface area contributed by atoms with E-state index in [-0.39, 0.29) is 5.91 Å². The fourth-order valence-corrected chi connectivity index (χ4v) is 3.36. The van der Waals surface area contributed by atoms with Crippen molar-refractivity contribution < 1.29 is 9.21 Å². The molecule has 1 N–H and O–H groups in total. The molecule has 1 heterocycles.